The number of amides is 1. The Morgan fingerprint density at radius 1 is 1.16 bits per heavy atom. The van der Waals surface area contributed by atoms with E-state index in [0.717, 1.165) is 24.9 Å². The third-order valence-corrected chi connectivity index (χ3v) is 7.09. The molecule has 178 valence electrons. The Morgan fingerprint density at radius 3 is 2.81 bits per heavy atom. The molecule has 2 saturated heterocycles. The van der Waals surface area contributed by atoms with Crippen molar-refractivity contribution in [3.63, 3.8) is 0 Å². The summed E-state index contributed by atoms with van der Waals surface area (Å²) < 4.78 is 25.7. The van der Waals surface area contributed by atoms with E-state index in [2.05, 4.69) is 10.2 Å². The van der Waals surface area contributed by atoms with Crippen LogP contribution in [0.3, 0.4) is 0 Å². The summed E-state index contributed by atoms with van der Waals surface area (Å²) in [4.78, 5) is 14.7. The number of carbonyl (C=O) groups excluding carboxylic acids is 1. The maximum Gasteiger partial charge on any atom is 0.222 e. The Bertz CT molecular complexity index is 742. The summed E-state index contributed by atoms with van der Waals surface area (Å²) in [7, 11) is 0. The van der Waals surface area contributed by atoms with Crippen LogP contribution in [-0.2, 0) is 20.8 Å². The highest BCUT2D eigenvalue weighted by molar-refractivity contribution is 5.76. The Morgan fingerprint density at radius 2 is 2.00 bits per heavy atom. The first-order valence-corrected chi connectivity index (χ1v) is 12.2. The lowest BCUT2D eigenvalue weighted by atomic mass is 9.89. The van der Waals surface area contributed by atoms with Crippen molar-refractivity contribution in [2.45, 2.75) is 82.3 Å². The second-order valence-corrected chi connectivity index (χ2v) is 9.70. The SMILES string of the molecule is O=C(C[C@@H]1CC[C@H]2[C@@H](COC[C@@H](O)CN2Cc2cccc(F)c2)O1)NCC1CCCCC1. The lowest BCUT2D eigenvalue weighted by Gasteiger charge is -2.44. The monoisotopic (exact) mass is 448 g/mol. The average Bonchev–Trinajstić information content (AvgIpc) is 2.77. The molecule has 3 fully saturated rings. The fourth-order valence-electron chi connectivity index (χ4n) is 5.43. The van der Waals surface area contributed by atoms with E-state index in [0.29, 0.717) is 32.0 Å². The van der Waals surface area contributed by atoms with Gasteiger partial charge in [-0.05, 0) is 49.3 Å². The van der Waals surface area contributed by atoms with Gasteiger partial charge in [0.1, 0.15) is 5.82 Å². The predicted molar refractivity (Wildman–Crippen MR) is 120 cm³/mol. The molecule has 2 N–H and O–H groups in total. The molecule has 0 radical (unpaired) electrons. The van der Waals surface area contributed by atoms with Crippen LogP contribution >= 0.6 is 0 Å². The van der Waals surface area contributed by atoms with E-state index >= 15 is 0 Å². The number of hydrogen-bond donors (Lipinski definition) is 2. The zero-order valence-corrected chi connectivity index (χ0v) is 18.9. The molecule has 1 aromatic rings. The number of nitrogens with zero attached hydrogens (tertiary/aromatic N) is 1. The first-order chi connectivity index (χ1) is 15.6. The van der Waals surface area contributed by atoms with E-state index in [9.17, 15) is 14.3 Å². The number of halogens is 1. The van der Waals surface area contributed by atoms with E-state index in [1.807, 2.05) is 6.07 Å². The Kier molecular flexibility index (Phi) is 8.52. The molecule has 2 heterocycles. The van der Waals surface area contributed by atoms with Crippen LogP contribution in [0.4, 0.5) is 4.39 Å². The van der Waals surface area contributed by atoms with E-state index < -0.39 is 6.10 Å². The normalized spacial score (nSPS) is 30.2. The molecular formula is C25H37FN2O4. The number of hydrogen-bond acceptors (Lipinski definition) is 5. The molecule has 0 unspecified atom stereocenters. The third kappa shape index (κ3) is 6.73. The van der Waals surface area contributed by atoms with Gasteiger partial charge in [0.2, 0.25) is 5.91 Å². The minimum atomic E-state index is -0.590. The van der Waals surface area contributed by atoms with E-state index in [1.165, 1.54) is 38.2 Å². The lowest BCUT2D eigenvalue weighted by Crippen LogP contribution is -2.55. The van der Waals surface area contributed by atoms with Crippen LogP contribution in [-0.4, -0.2) is 66.6 Å². The van der Waals surface area contributed by atoms with Crippen LogP contribution < -0.4 is 5.32 Å². The van der Waals surface area contributed by atoms with Crippen LogP contribution in [0.25, 0.3) is 0 Å². The predicted octanol–water partition coefficient (Wildman–Crippen LogP) is 3.02. The molecule has 0 aromatic heterocycles. The second-order valence-electron chi connectivity index (χ2n) is 9.70. The summed E-state index contributed by atoms with van der Waals surface area (Å²) >= 11 is 0. The fraction of sp³-hybridized carbons (Fsp3) is 0.720. The topological polar surface area (TPSA) is 71.0 Å². The summed E-state index contributed by atoms with van der Waals surface area (Å²) in [5, 5.41) is 13.4. The van der Waals surface area contributed by atoms with Gasteiger partial charge in [0.15, 0.2) is 0 Å². The number of aliphatic hydroxyl groups is 1. The second kappa shape index (κ2) is 11.5. The summed E-state index contributed by atoms with van der Waals surface area (Å²) in [5.74, 6) is 0.429. The number of carbonyl (C=O) groups is 1. The zero-order chi connectivity index (χ0) is 22.3. The van der Waals surface area contributed by atoms with Crippen molar-refractivity contribution in [1.82, 2.24) is 10.2 Å². The number of aliphatic hydroxyl groups excluding tert-OH is 1. The molecule has 1 aromatic carbocycles. The number of β-amino-alcohol motifs (C(OH)–C–C–N with tert-alkyl or cyclic N) is 1. The molecule has 3 aliphatic rings. The maximum absolute atomic E-state index is 13.7. The van der Waals surface area contributed by atoms with Crippen molar-refractivity contribution in [3.8, 4) is 0 Å². The van der Waals surface area contributed by atoms with Crippen LogP contribution in [0, 0.1) is 11.7 Å². The van der Waals surface area contributed by atoms with E-state index in [-0.39, 0.29) is 36.6 Å². The minimum Gasteiger partial charge on any atom is -0.389 e. The van der Waals surface area contributed by atoms with Crippen LogP contribution in [0.5, 0.6) is 0 Å². The Labute approximate surface area is 190 Å². The standard InChI is InChI=1S/C25H37FN2O4/c26-20-8-4-7-19(11-20)14-28-15-21(29)16-31-17-24-23(28)10-9-22(32-24)12-25(30)27-13-18-5-2-1-3-6-18/h4,7-8,11,18,21-24,29H,1-3,5-6,9-10,12-17H2,(H,27,30)/t21-,22-,23-,24+/m0/s1. The highest BCUT2D eigenvalue weighted by atomic mass is 19.1. The van der Waals surface area contributed by atoms with Gasteiger partial charge in [-0.25, -0.2) is 4.39 Å². The number of rotatable bonds is 6. The van der Waals surface area contributed by atoms with Crippen LogP contribution in [0.2, 0.25) is 0 Å². The Balaban J connectivity index is 1.32. The molecule has 2 aliphatic heterocycles. The van der Waals surface area contributed by atoms with Gasteiger partial charge < -0.3 is 19.9 Å². The summed E-state index contributed by atoms with van der Waals surface area (Å²) in [6.07, 6.45) is 7.44. The van der Waals surface area contributed by atoms with Gasteiger partial charge in [-0.3, -0.25) is 9.69 Å². The van der Waals surface area contributed by atoms with Crippen molar-refractivity contribution in [3.05, 3.63) is 35.6 Å². The third-order valence-electron chi connectivity index (χ3n) is 7.09. The summed E-state index contributed by atoms with van der Waals surface area (Å²) in [5.41, 5.74) is 0.877. The number of fused-ring (bicyclic) bond motifs is 1. The van der Waals surface area contributed by atoms with Gasteiger partial charge in [0.25, 0.3) is 0 Å². The molecule has 1 saturated carbocycles. The highest BCUT2D eigenvalue weighted by Gasteiger charge is 2.38. The molecule has 4 rings (SSSR count). The number of benzene rings is 1. The molecule has 1 aliphatic carbocycles. The smallest absolute Gasteiger partial charge is 0.222 e. The molecule has 0 bridgehead atoms. The van der Waals surface area contributed by atoms with Gasteiger partial charge in [-0.2, -0.15) is 0 Å². The zero-order valence-electron chi connectivity index (χ0n) is 18.9. The van der Waals surface area contributed by atoms with Crippen molar-refractivity contribution < 1.29 is 23.8 Å². The lowest BCUT2D eigenvalue weighted by molar-refractivity contribution is -0.158. The quantitative estimate of drug-likeness (QED) is 0.700. The molecule has 6 nitrogen and oxygen atoms in total. The van der Waals surface area contributed by atoms with Crippen LogP contribution in [0.1, 0.15) is 56.9 Å². The molecule has 0 spiro atoms. The highest BCUT2D eigenvalue weighted by Crippen LogP contribution is 2.29. The van der Waals surface area contributed by atoms with Gasteiger partial charge in [0.05, 0.1) is 37.9 Å². The maximum atomic E-state index is 13.7. The minimum absolute atomic E-state index is 0.0646. The van der Waals surface area contributed by atoms with E-state index in [1.54, 1.807) is 12.1 Å². The number of nitrogens with one attached hydrogen (secondary N) is 1. The molecule has 32 heavy (non-hydrogen) atoms. The number of ether oxygens (including phenoxy) is 2. The molecular weight excluding hydrogens is 411 g/mol. The Hall–Kier alpha value is -1.54. The molecule has 7 heteroatoms. The van der Waals surface area contributed by atoms with Crippen molar-refractivity contribution in [2.24, 2.45) is 5.92 Å². The largest absolute Gasteiger partial charge is 0.389 e. The molecule has 1 amide bonds. The average molecular weight is 449 g/mol. The first kappa shape index (κ1) is 23.6. The van der Waals surface area contributed by atoms with Crippen molar-refractivity contribution >= 4 is 5.91 Å². The first-order valence-electron chi connectivity index (χ1n) is 12.2. The molecule has 4 atom stereocenters. The fourth-order valence-corrected chi connectivity index (χ4v) is 5.43. The van der Waals surface area contributed by atoms with Gasteiger partial charge in [0, 0.05) is 25.7 Å². The van der Waals surface area contributed by atoms with Gasteiger partial charge in [-0.1, -0.05) is 31.4 Å². The summed E-state index contributed by atoms with van der Waals surface area (Å²) in [6, 6.07) is 6.67. The van der Waals surface area contributed by atoms with Gasteiger partial charge >= 0.3 is 0 Å². The van der Waals surface area contributed by atoms with Crippen molar-refractivity contribution in [2.75, 3.05) is 26.3 Å². The van der Waals surface area contributed by atoms with Crippen molar-refractivity contribution in [1.29, 1.82) is 0 Å². The van der Waals surface area contributed by atoms with E-state index in [4.69, 9.17) is 9.47 Å². The summed E-state index contributed by atoms with van der Waals surface area (Å²) in [6.45, 7) is 2.42. The van der Waals surface area contributed by atoms with Crippen LogP contribution in [0.15, 0.2) is 24.3 Å². The van der Waals surface area contributed by atoms with Gasteiger partial charge in [-0.15, -0.1) is 0 Å².